The molecule has 10 nitrogen and oxygen atoms in total. The van der Waals surface area contributed by atoms with Crippen LogP contribution in [-0.2, 0) is 14.8 Å². The Labute approximate surface area is 199 Å². The maximum Gasteiger partial charge on any atom is 0.292 e. The molecule has 2 aromatic carbocycles. The molecule has 2 saturated heterocycles. The van der Waals surface area contributed by atoms with E-state index in [2.05, 4.69) is 4.90 Å². The van der Waals surface area contributed by atoms with Gasteiger partial charge in [-0.05, 0) is 25.1 Å². The molecule has 0 N–H and O–H groups in total. The van der Waals surface area contributed by atoms with E-state index in [1.807, 2.05) is 11.8 Å². The number of carbonyl (C=O) groups excluding carboxylic acids is 1. The van der Waals surface area contributed by atoms with E-state index in [9.17, 15) is 23.3 Å². The number of rotatable bonds is 6. The van der Waals surface area contributed by atoms with Gasteiger partial charge in [0.15, 0.2) is 0 Å². The van der Waals surface area contributed by atoms with Gasteiger partial charge in [-0.3, -0.25) is 19.8 Å². The predicted octanol–water partition coefficient (Wildman–Crippen LogP) is 1.64. The van der Waals surface area contributed by atoms with Crippen LogP contribution in [0.5, 0.6) is 0 Å². The zero-order chi connectivity index (χ0) is 24.3. The monoisotopic (exact) mass is 487 g/mol. The summed E-state index contributed by atoms with van der Waals surface area (Å²) in [6.07, 6.45) is 0. The quantitative estimate of drug-likeness (QED) is 0.450. The van der Waals surface area contributed by atoms with Gasteiger partial charge in [-0.25, -0.2) is 8.42 Å². The first-order chi connectivity index (χ1) is 16.3. The van der Waals surface area contributed by atoms with E-state index in [0.717, 1.165) is 0 Å². The van der Waals surface area contributed by atoms with Crippen LogP contribution in [0.4, 0.5) is 11.4 Å². The molecule has 1 unspecified atom stereocenters. The van der Waals surface area contributed by atoms with Crippen molar-refractivity contribution in [1.29, 1.82) is 0 Å². The Morgan fingerprint density at radius 1 is 0.882 bits per heavy atom. The second-order valence-electron chi connectivity index (χ2n) is 8.49. The van der Waals surface area contributed by atoms with Crippen LogP contribution in [0.3, 0.4) is 0 Å². The summed E-state index contributed by atoms with van der Waals surface area (Å²) < 4.78 is 27.1. The van der Waals surface area contributed by atoms with Gasteiger partial charge in [-0.15, -0.1) is 0 Å². The zero-order valence-corrected chi connectivity index (χ0v) is 19.9. The summed E-state index contributed by atoms with van der Waals surface area (Å²) in [5.41, 5.74) is 0.685. The fraction of sp³-hybridized carbons (Fsp3) is 0.435. The molecule has 1 atom stereocenters. The van der Waals surface area contributed by atoms with Crippen molar-refractivity contribution < 1.29 is 18.1 Å². The summed E-state index contributed by atoms with van der Waals surface area (Å²) in [5, 5.41) is 11.3. The summed E-state index contributed by atoms with van der Waals surface area (Å²) in [5.74, 6) is -0.0177. The third kappa shape index (κ3) is 4.91. The smallest absolute Gasteiger partial charge is 0.292 e. The Balaban J connectivity index is 1.32. The highest BCUT2D eigenvalue weighted by atomic mass is 32.2. The summed E-state index contributed by atoms with van der Waals surface area (Å²) >= 11 is 0. The number of para-hydroxylation sites is 2. The van der Waals surface area contributed by atoms with Crippen molar-refractivity contribution in [3.8, 4) is 0 Å². The van der Waals surface area contributed by atoms with E-state index in [4.69, 9.17) is 0 Å². The first kappa shape index (κ1) is 24.1. The molecular formula is C23H29N5O5S. The first-order valence-electron chi connectivity index (χ1n) is 11.4. The van der Waals surface area contributed by atoms with Gasteiger partial charge in [0, 0.05) is 58.4 Å². The van der Waals surface area contributed by atoms with Crippen LogP contribution in [0.15, 0.2) is 59.5 Å². The largest absolute Gasteiger partial charge is 0.363 e. The van der Waals surface area contributed by atoms with Crippen molar-refractivity contribution in [3.05, 3.63) is 64.7 Å². The molecule has 182 valence electrons. The second-order valence-corrected chi connectivity index (χ2v) is 10.4. The Morgan fingerprint density at radius 2 is 1.47 bits per heavy atom. The summed E-state index contributed by atoms with van der Waals surface area (Å²) in [6, 6.07) is 14.7. The predicted molar refractivity (Wildman–Crippen MR) is 128 cm³/mol. The molecule has 2 fully saturated rings. The number of nitrogens with zero attached hydrogens (tertiary/aromatic N) is 5. The number of carbonyl (C=O) groups is 1. The Bertz CT molecular complexity index is 1130. The fourth-order valence-corrected chi connectivity index (χ4v) is 5.99. The molecule has 2 heterocycles. The molecule has 1 amide bonds. The van der Waals surface area contributed by atoms with Gasteiger partial charge in [-0.1, -0.05) is 30.3 Å². The number of hydrogen-bond acceptors (Lipinski definition) is 7. The van der Waals surface area contributed by atoms with Crippen LogP contribution in [0.2, 0.25) is 0 Å². The highest BCUT2D eigenvalue weighted by molar-refractivity contribution is 7.89. The van der Waals surface area contributed by atoms with E-state index in [0.29, 0.717) is 45.0 Å². The van der Waals surface area contributed by atoms with Gasteiger partial charge in [0.25, 0.3) is 5.69 Å². The topological polar surface area (TPSA) is 107 Å². The molecule has 0 bridgehead atoms. The number of nitro groups is 1. The lowest BCUT2D eigenvalue weighted by molar-refractivity contribution is -0.384. The van der Waals surface area contributed by atoms with Crippen molar-refractivity contribution in [1.82, 2.24) is 14.1 Å². The minimum Gasteiger partial charge on any atom is -0.363 e. The third-order valence-corrected chi connectivity index (χ3v) is 8.48. The average Bonchev–Trinajstić information content (AvgIpc) is 2.88. The lowest BCUT2D eigenvalue weighted by atomic mass is 10.1. The third-order valence-electron chi connectivity index (χ3n) is 6.57. The van der Waals surface area contributed by atoms with E-state index in [-0.39, 0.29) is 40.5 Å². The lowest BCUT2D eigenvalue weighted by Gasteiger charge is -2.41. The molecule has 2 aliphatic heterocycles. The van der Waals surface area contributed by atoms with Gasteiger partial charge >= 0.3 is 0 Å². The van der Waals surface area contributed by atoms with E-state index in [1.54, 1.807) is 53.4 Å². The molecule has 0 aromatic heterocycles. The summed E-state index contributed by atoms with van der Waals surface area (Å²) in [6.45, 7) is 5.51. The zero-order valence-electron chi connectivity index (χ0n) is 19.1. The fourth-order valence-electron chi connectivity index (χ4n) is 4.55. The lowest BCUT2D eigenvalue weighted by Crippen LogP contribution is -2.58. The molecule has 11 heteroatoms. The minimum atomic E-state index is -3.56. The number of anilines is 1. The molecular weight excluding hydrogens is 458 g/mol. The van der Waals surface area contributed by atoms with E-state index < -0.39 is 10.0 Å². The number of sulfonamides is 1. The Kier molecular flexibility index (Phi) is 7.15. The van der Waals surface area contributed by atoms with Crippen molar-refractivity contribution in [3.63, 3.8) is 0 Å². The van der Waals surface area contributed by atoms with Crippen LogP contribution >= 0.6 is 0 Å². The molecule has 0 aliphatic carbocycles. The number of nitro benzene ring substituents is 1. The molecule has 0 radical (unpaired) electrons. The van der Waals surface area contributed by atoms with Crippen LogP contribution in [0, 0.1) is 10.1 Å². The molecule has 0 spiro atoms. The van der Waals surface area contributed by atoms with Crippen LogP contribution in [-0.4, -0.2) is 91.8 Å². The maximum atomic E-state index is 13.1. The first-order valence-corrected chi connectivity index (χ1v) is 12.8. The average molecular weight is 488 g/mol. The van der Waals surface area contributed by atoms with Gasteiger partial charge in [-0.2, -0.15) is 4.31 Å². The van der Waals surface area contributed by atoms with Crippen LogP contribution in [0.25, 0.3) is 0 Å². The summed E-state index contributed by atoms with van der Waals surface area (Å²) in [4.78, 5) is 30.2. The van der Waals surface area contributed by atoms with Gasteiger partial charge < -0.3 is 9.80 Å². The Hall–Kier alpha value is -3.02. The van der Waals surface area contributed by atoms with Crippen molar-refractivity contribution in [2.45, 2.75) is 17.9 Å². The number of piperazine rings is 2. The number of hydrogen-bond donors (Lipinski definition) is 0. The molecule has 4 rings (SSSR count). The SMILES string of the molecule is CC(C(=O)N1CCN(S(=O)(=O)c2ccccc2)CC1)N1CCN(c2ccccc2[N+](=O)[O-])CC1. The summed E-state index contributed by atoms with van der Waals surface area (Å²) in [7, 11) is -3.56. The number of benzene rings is 2. The van der Waals surface area contributed by atoms with Gasteiger partial charge in [0.05, 0.1) is 15.9 Å². The van der Waals surface area contributed by atoms with Crippen molar-refractivity contribution in [2.24, 2.45) is 0 Å². The Morgan fingerprint density at radius 3 is 2.09 bits per heavy atom. The molecule has 2 aliphatic rings. The maximum absolute atomic E-state index is 13.1. The van der Waals surface area contributed by atoms with E-state index in [1.165, 1.54) is 10.4 Å². The van der Waals surface area contributed by atoms with Crippen molar-refractivity contribution >= 4 is 27.3 Å². The van der Waals surface area contributed by atoms with Crippen molar-refractivity contribution in [2.75, 3.05) is 57.3 Å². The molecule has 0 saturated carbocycles. The van der Waals surface area contributed by atoms with Crippen LogP contribution in [0.1, 0.15) is 6.92 Å². The molecule has 2 aromatic rings. The second kappa shape index (κ2) is 10.1. The molecule has 34 heavy (non-hydrogen) atoms. The van der Waals surface area contributed by atoms with Crippen LogP contribution < -0.4 is 4.90 Å². The highest BCUT2D eigenvalue weighted by Gasteiger charge is 2.34. The highest BCUT2D eigenvalue weighted by Crippen LogP contribution is 2.28. The minimum absolute atomic E-state index is 0.0177. The number of amides is 1. The normalized spacial score (nSPS) is 19.1. The van der Waals surface area contributed by atoms with Gasteiger partial charge in [0.1, 0.15) is 5.69 Å². The standard InChI is InChI=1S/C23H29N5O5S/c1-19(24-11-13-25(14-12-24)21-9-5-6-10-22(21)28(30)31)23(29)26-15-17-27(18-16-26)34(32,33)20-7-3-2-4-8-20/h2-10,19H,11-18H2,1H3. The van der Waals surface area contributed by atoms with E-state index >= 15 is 0 Å². The van der Waals surface area contributed by atoms with Gasteiger partial charge in [0.2, 0.25) is 15.9 Å².